The number of hydrogen-bond donors (Lipinski definition) is 2. The molecule has 2 aromatic carbocycles. The van der Waals surface area contributed by atoms with E-state index in [9.17, 15) is 18.8 Å². The highest BCUT2D eigenvalue weighted by Gasteiger charge is 2.48. The number of carbonyl (C=O) groups excluding carboxylic acids is 3. The minimum Gasteiger partial charge on any atom is -0.347 e. The number of halogens is 1. The van der Waals surface area contributed by atoms with Crippen molar-refractivity contribution in [3.05, 3.63) is 106 Å². The maximum Gasteiger partial charge on any atom is 0.268 e. The summed E-state index contributed by atoms with van der Waals surface area (Å²) in [7, 11) is 3.53. The van der Waals surface area contributed by atoms with Gasteiger partial charge in [0.1, 0.15) is 12.4 Å². The Morgan fingerprint density at radius 2 is 1.62 bits per heavy atom. The van der Waals surface area contributed by atoms with Gasteiger partial charge in [-0.15, -0.1) is 0 Å². The number of benzene rings is 2. The summed E-state index contributed by atoms with van der Waals surface area (Å²) in [6.45, 7) is 6.46. The highest BCUT2D eigenvalue weighted by atomic mass is 19.1. The van der Waals surface area contributed by atoms with Crippen LogP contribution in [-0.2, 0) is 25.2 Å². The Labute approximate surface area is 304 Å². The van der Waals surface area contributed by atoms with Crippen LogP contribution < -0.4 is 10.6 Å². The molecule has 0 bridgehead atoms. The first-order valence-electron chi connectivity index (χ1n) is 18.4. The molecule has 2 N–H and O–H groups in total. The van der Waals surface area contributed by atoms with E-state index < -0.39 is 0 Å². The molecule has 3 aliphatic rings. The van der Waals surface area contributed by atoms with Crippen LogP contribution in [0.25, 0.3) is 0 Å². The summed E-state index contributed by atoms with van der Waals surface area (Å²) < 4.78 is 16.9. The minimum atomic E-state index is -0.330. The second kappa shape index (κ2) is 15.0. The SMILES string of the molecule is Cc1c(C(=O)Nc2ccc(CNC(=O)c3ccc4n3CCN(Cc3ccc(C(=O)N(C)C)cc3)C43CCC3)cc2)cnn1C1CCN(CCF)CC1. The van der Waals surface area contributed by atoms with E-state index in [1.54, 1.807) is 25.2 Å². The molecule has 4 heterocycles. The zero-order valence-electron chi connectivity index (χ0n) is 30.4. The summed E-state index contributed by atoms with van der Waals surface area (Å²) >= 11 is 0. The number of alkyl halides is 1. The minimum absolute atomic E-state index is 0.000645. The monoisotopic (exact) mass is 708 g/mol. The summed E-state index contributed by atoms with van der Waals surface area (Å²) in [6, 6.07) is 19.7. The summed E-state index contributed by atoms with van der Waals surface area (Å²) in [5.74, 6) is -0.316. The summed E-state index contributed by atoms with van der Waals surface area (Å²) in [6.07, 6.45) is 6.66. The van der Waals surface area contributed by atoms with Crippen molar-refractivity contribution in [2.45, 2.75) is 70.2 Å². The largest absolute Gasteiger partial charge is 0.347 e. The molecule has 11 nitrogen and oxygen atoms in total. The maximum atomic E-state index is 13.5. The normalized spacial score (nSPS) is 17.4. The van der Waals surface area contributed by atoms with Gasteiger partial charge in [0.15, 0.2) is 0 Å². The van der Waals surface area contributed by atoms with Crippen LogP contribution in [0.2, 0.25) is 0 Å². The molecule has 2 fully saturated rings. The van der Waals surface area contributed by atoms with Crippen molar-refractivity contribution in [1.29, 1.82) is 0 Å². The molecule has 3 amide bonds. The molecule has 1 saturated carbocycles. The molecule has 0 unspecified atom stereocenters. The third kappa shape index (κ3) is 7.01. The Morgan fingerprint density at radius 3 is 2.27 bits per heavy atom. The summed E-state index contributed by atoms with van der Waals surface area (Å²) in [5.41, 5.74) is 6.63. The topological polar surface area (TPSA) is 108 Å². The molecular weight excluding hydrogens is 659 g/mol. The van der Waals surface area contributed by atoms with E-state index in [4.69, 9.17) is 0 Å². The van der Waals surface area contributed by atoms with Gasteiger partial charge in [-0.3, -0.25) is 24.0 Å². The lowest BCUT2D eigenvalue weighted by molar-refractivity contribution is -0.0217. The maximum absolute atomic E-state index is 13.5. The number of rotatable bonds is 11. The van der Waals surface area contributed by atoms with Gasteiger partial charge >= 0.3 is 0 Å². The Balaban J connectivity index is 0.935. The van der Waals surface area contributed by atoms with Crippen molar-refractivity contribution in [3.8, 4) is 0 Å². The Kier molecular flexibility index (Phi) is 10.3. The third-order valence-corrected chi connectivity index (χ3v) is 11.3. The average Bonchev–Trinajstić information content (AvgIpc) is 3.75. The fourth-order valence-electron chi connectivity index (χ4n) is 8.15. The Bertz CT molecular complexity index is 1900. The lowest BCUT2D eigenvalue weighted by atomic mass is 9.71. The van der Waals surface area contributed by atoms with Crippen LogP contribution in [0.3, 0.4) is 0 Å². The standard InChI is InChI=1S/C40H49FN8O3/c1-28-34(26-43-49(28)33-15-20-46(21-16-33)22-19-41)37(50)44-32-11-7-29(8-12-32)25-42-38(51)35-13-14-36-40(17-4-18-40)47(23-24-48(35)36)27-30-5-9-31(10-6-30)39(52)45(2)3/h5-14,26,33H,4,15-25,27H2,1-3H3,(H,42,51)(H,44,50). The van der Waals surface area contributed by atoms with Gasteiger partial charge in [0.2, 0.25) is 0 Å². The molecule has 1 spiro atoms. The quantitative estimate of drug-likeness (QED) is 0.217. The second-order valence-corrected chi connectivity index (χ2v) is 14.6. The molecule has 274 valence electrons. The number of fused-ring (bicyclic) bond motifs is 2. The van der Waals surface area contributed by atoms with Crippen LogP contribution in [0.5, 0.6) is 0 Å². The first-order valence-corrected chi connectivity index (χ1v) is 18.4. The van der Waals surface area contributed by atoms with Gasteiger partial charge < -0.3 is 25.0 Å². The van der Waals surface area contributed by atoms with E-state index in [1.165, 1.54) is 11.3 Å². The van der Waals surface area contributed by atoms with Gasteiger partial charge in [-0.1, -0.05) is 24.3 Å². The summed E-state index contributed by atoms with van der Waals surface area (Å²) in [4.78, 5) is 45.3. The van der Waals surface area contributed by atoms with Crippen molar-refractivity contribution < 1.29 is 18.8 Å². The fraction of sp³-hybridized carbons (Fsp3) is 0.450. The van der Waals surface area contributed by atoms with Crippen LogP contribution in [0, 0.1) is 6.92 Å². The number of piperidine rings is 1. The smallest absolute Gasteiger partial charge is 0.268 e. The van der Waals surface area contributed by atoms with Crippen molar-refractivity contribution in [1.82, 2.24) is 34.4 Å². The molecule has 52 heavy (non-hydrogen) atoms. The lowest BCUT2D eigenvalue weighted by Gasteiger charge is -2.53. The molecule has 1 aliphatic carbocycles. The molecule has 2 aliphatic heterocycles. The van der Waals surface area contributed by atoms with Gasteiger partial charge in [-0.2, -0.15) is 5.10 Å². The van der Waals surface area contributed by atoms with E-state index >= 15 is 0 Å². The number of aromatic nitrogens is 3. The zero-order chi connectivity index (χ0) is 36.4. The number of carbonyl (C=O) groups is 3. The molecule has 1 saturated heterocycles. The van der Waals surface area contributed by atoms with Crippen LogP contribution in [-0.4, -0.2) is 93.7 Å². The van der Waals surface area contributed by atoms with Crippen LogP contribution >= 0.6 is 0 Å². The van der Waals surface area contributed by atoms with Crippen LogP contribution in [0.4, 0.5) is 10.1 Å². The predicted octanol–water partition coefficient (Wildman–Crippen LogP) is 5.38. The van der Waals surface area contributed by atoms with E-state index in [0.29, 0.717) is 35.6 Å². The number of anilines is 1. The van der Waals surface area contributed by atoms with Gasteiger partial charge in [0.05, 0.1) is 23.3 Å². The number of hydrogen-bond acceptors (Lipinski definition) is 6. The number of amides is 3. The molecule has 7 rings (SSSR count). The molecule has 2 aromatic heterocycles. The van der Waals surface area contributed by atoms with Gasteiger partial charge in [0.25, 0.3) is 17.7 Å². The van der Waals surface area contributed by atoms with Crippen molar-refractivity contribution in [3.63, 3.8) is 0 Å². The van der Waals surface area contributed by atoms with E-state index in [1.807, 2.05) is 54.1 Å². The first kappa shape index (κ1) is 35.6. The highest BCUT2D eigenvalue weighted by molar-refractivity contribution is 6.05. The predicted molar refractivity (Wildman–Crippen MR) is 198 cm³/mol. The molecular formula is C40H49FN8O3. The first-order chi connectivity index (χ1) is 25.2. The van der Waals surface area contributed by atoms with E-state index in [-0.39, 0.29) is 36.0 Å². The Hall–Kier alpha value is -4.81. The lowest BCUT2D eigenvalue weighted by Crippen LogP contribution is -2.56. The fourth-order valence-corrected chi connectivity index (χ4v) is 8.15. The van der Waals surface area contributed by atoms with Crippen molar-refractivity contribution in [2.75, 3.05) is 52.3 Å². The van der Waals surface area contributed by atoms with E-state index in [0.717, 1.165) is 76.1 Å². The van der Waals surface area contributed by atoms with Crippen molar-refractivity contribution >= 4 is 23.4 Å². The van der Waals surface area contributed by atoms with Crippen LogP contribution in [0.15, 0.2) is 66.9 Å². The van der Waals surface area contributed by atoms with E-state index in [2.05, 4.69) is 48.3 Å². The average molecular weight is 709 g/mol. The van der Waals surface area contributed by atoms with Crippen molar-refractivity contribution in [2.24, 2.45) is 0 Å². The Morgan fingerprint density at radius 1 is 0.904 bits per heavy atom. The highest BCUT2D eigenvalue weighted by Crippen LogP contribution is 2.49. The molecule has 12 heteroatoms. The van der Waals surface area contributed by atoms with Gasteiger partial charge in [-0.25, -0.2) is 4.39 Å². The number of nitrogens with one attached hydrogen (secondary N) is 2. The number of likely N-dealkylation sites (tertiary alicyclic amines) is 1. The zero-order valence-corrected chi connectivity index (χ0v) is 30.4. The summed E-state index contributed by atoms with van der Waals surface area (Å²) in [5, 5.41) is 10.6. The second-order valence-electron chi connectivity index (χ2n) is 14.6. The number of nitrogens with zero attached hydrogens (tertiary/aromatic N) is 6. The molecule has 0 radical (unpaired) electrons. The molecule has 0 atom stereocenters. The van der Waals surface area contributed by atoms with Gasteiger partial charge in [-0.05, 0) is 86.6 Å². The van der Waals surface area contributed by atoms with Gasteiger partial charge in [0, 0.05) is 82.5 Å². The third-order valence-electron chi connectivity index (χ3n) is 11.3. The van der Waals surface area contributed by atoms with Crippen LogP contribution in [0.1, 0.15) is 91.9 Å². The molecule has 4 aromatic rings.